The molecule has 3 aromatic rings. The van der Waals surface area contributed by atoms with Gasteiger partial charge >= 0.3 is 0 Å². The van der Waals surface area contributed by atoms with Gasteiger partial charge in [0.15, 0.2) is 0 Å². The lowest BCUT2D eigenvalue weighted by Gasteiger charge is -2.31. The quantitative estimate of drug-likeness (QED) is 0.737. The summed E-state index contributed by atoms with van der Waals surface area (Å²) >= 11 is 0. The van der Waals surface area contributed by atoms with Gasteiger partial charge in [-0.15, -0.1) is 0 Å². The zero-order chi connectivity index (χ0) is 17.8. The van der Waals surface area contributed by atoms with Gasteiger partial charge in [-0.3, -0.25) is 4.57 Å². The molecule has 0 aromatic carbocycles. The van der Waals surface area contributed by atoms with Gasteiger partial charge in [0, 0.05) is 69.2 Å². The first-order valence-electron chi connectivity index (χ1n) is 9.04. The third-order valence-electron chi connectivity index (χ3n) is 4.90. The molecule has 0 radical (unpaired) electrons. The van der Waals surface area contributed by atoms with Gasteiger partial charge in [-0.25, -0.2) is 15.0 Å². The van der Waals surface area contributed by atoms with Crippen molar-refractivity contribution < 1.29 is 4.74 Å². The van der Waals surface area contributed by atoms with Gasteiger partial charge in [0.25, 0.3) is 0 Å². The summed E-state index contributed by atoms with van der Waals surface area (Å²) in [4.78, 5) is 13.1. The van der Waals surface area contributed by atoms with Gasteiger partial charge in [-0.1, -0.05) is 6.07 Å². The maximum Gasteiger partial charge on any atom is 0.142 e. The van der Waals surface area contributed by atoms with Crippen molar-refractivity contribution in [2.24, 2.45) is 13.0 Å². The number of aryl methyl sites for hydroxylation is 1. The van der Waals surface area contributed by atoms with Crippen molar-refractivity contribution in [3.8, 4) is 5.82 Å². The summed E-state index contributed by atoms with van der Waals surface area (Å²) < 4.78 is 10.1. The van der Waals surface area contributed by atoms with Crippen molar-refractivity contribution in [2.75, 3.05) is 13.2 Å². The van der Waals surface area contributed by atoms with E-state index in [0.29, 0.717) is 5.92 Å². The molecule has 1 aliphatic rings. The predicted molar refractivity (Wildman–Crippen MR) is 97.7 cm³/mol. The van der Waals surface area contributed by atoms with Crippen LogP contribution < -0.4 is 5.32 Å². The maximum atomic E-state index is 6.05. The predicted octanol–water partition coefficient (Wildman–Crippen LogP) is 2.26. The Bertz CT molecular complexity index is 828. The van der Waals surface area contributed by atoms with Crippen LogP contribution in [0.25, 0.3) is 5.82 Å². The molecule has 0 amide bonds. The van der Waals surface area contributed by atoms with Gasteiger partial charge in [-0.2, -0.15) is 0 Å². The number of imidazole rings is 2. The second kappa shape index (κ2) is 7.80. The standard InChI is InChI=1S/C19H24N6O/c1-24-9-8-23-19(24)17-15(5-3-11-26-17)12-21-13-16-4-2-6-22-18(16)25-10-7-20-14-25/h2,4,6-10,14-15,17,21H,3,5,11-13H2,1H3/t15-,17+/m0/s1. The molecule has 1 N–H and O–H groups in total. The van der Waals surface area contributed by atoms with Crippen LogP contribution in [0.3, 0.4) is 0 Å². The number of rotatable bonds is 6. The number of hydrogen-bond acceptors (Lipinski definition) is 5. The molecule has 0 unspecified atom stereocenters. The average Bonchev–Trinajstić information content (AvgIpc) is 3.34. The minimum Gasteiger partial charge on any atom is -0.370 e. The largest absolute Gasteiger partial charge is 0.370 e. The number of nitrogens with zero attached hydrogens (tertiary/aromatic N) is 5. The van der Waals surface area contributed by atoms with Crippen LogP contribution in [0.4, 0.5) is 0 Å². The average molecular weight is 352 g/mol. The molecule has 136 valence electrons. The zero-order valence-corrected chi connectivity index (χ0v) is 15.0. The lowest BCUT2D eigenvalue weighted by atomic mass is 9.93. The second-order valence-electron chi connectivity index (χ2n) is 6.68. The molecule has 0 bridgehead atoms. The molecule has 2 atom stereocenters. The van der Waals surface area contributed by atoms with Gasteiger partial charge in [0.1, 0.15) is 24.1 Å². The summed E-state index contributed by atoms with van der Waals surface area (Å²) in [6, 6.07) is 4.07. The Labute approximate surface area is 153 Å². The highest BCUT2D eigenvalue weighted by Crippen LogP contribution is 2.32. The van der Waals surface area contributed by atoms with E-state index in [0.717, 1.165) is 49.7 Å². The van der Waals surface area contributed by atoms with E-state index in [9.17, 15) is 0 Å². The molecular formula is C19H24N6O. The maximum absolute atomic E-state index is 6.05. The number of hydrogen-bond donors (Lipinski definition) is 1. The number of ether oxygens (including phenoxy) is 1. The van der Waals surface area contributed by atoms with Crippen molar-refractivity contribution in [1.82, 2.24) is 29.4 Å². The van der Waals surface area contributed by atoms with Gasteiger partial charge in [0.05, 0.1) is 0 Å². The van der Waals surface area contributed by atoms with E-state index in [2.05, 4.69) is 30.9 Å². The smallest absolute Gasteiger partial charge is 0.142 e. The van der Waals surface area contributed by atoms with Crippen molar-refractivity contribution in [1.29, 1.82) is 0 Å². The normalized spacial score (nSPS) is 20.3. The fourth-order valence-electron chi connectivity index (χ4n) is 3.57. The van der Waals surface area contributed by atoms with E-state index in [1.165, 1.54) is 0 Å². The highest BCUT2D eigenvalue weighted by molar-refractivity contribution is 5.33. The molecule has 4 rings (SSSR count). The molecule has 26 heavy (non-hydrogen) atoms. The monoisotopic (exact) mass is 352 g/mol. The third-order valence-corrected chi connectivity index (χ3v) is 4.90. The summed E-state index contributed by atoms with van der Waals surface area (Å²) in [6.45, 7) is 2.45. The van der Waals surface area contributed by atoms with Gasteiger partial charge in [0.2, 0.25) is 0 Å². The highest BCUT2D eigenvalue weighted by Gasteiger charge is 2.29. The number of nitrogens with one attached hydrogen (secondary N) is 1. The number of pyridine rings is 1. The van der Waals surface area contributed by atoms with Crippen LogP contribution in [0.1, 0.15) is 30.3 Å². The van der Waals surface area contributed by atoms with Crippen LogP contribution in [-0.4, -0.2) is 37.2 Å². The topological polar surface area (TPSA) is 69.8 Å². The summed E-state index contributed by atoms with van der Waals surface area (Å²) in [5, 5.41) is 3.59. The molecule has 3 aromatic heterocycles. The Kier molecular flexibility index (Phi) is 5.08. The van der Waals surface area contributed by atoms with Crippen molar-refractivity contribution in [3.05, 3.63) is 60.8 Å². The van der Waals surface area contributed by atoms with E-state index >= 15 is 0 Å². The first-order valence-corrected chi connectivity index (χ1v) is 9.04. The molecule has 7 nitrogen and oxygen atoms in total. The van der Waals surface area contributed by atoms with Gasteiger partial charge in [-0.05, 0) is 18.9 Å². The minimum atomic E-state index is 0.0540. The summed E-state index contributed by atoms with van der Waals surface area (Å²) in [5.74, 6) is 2.34. The van der Waals surface area contributed by atoms with E-state index in [1.807, 2.05) is 42.5 Å². The van der Waals surface area contributed by atoms with Gasteiger partial charge < -0.3 is 14.6 Å². The molecule has 1 fully saturated rings. The zero-order valence-electron chi connectivity index (χ0n) is 15.0. The van der Waals surface area contributed by atoms with E-state index < -0.39 is 0 Å². The molecular weight excluding hydrogens is 328 g/mol. The summed E-state index contributed by atoms with van der Waals surface area (Å²) in [6.07, 6.45) is 13.4. The van der Waals surface area contributed by atoms with E-state index in [1.54, 1.807) is 12.5 Å². The molecule has 0 saturated carbocycles. The minimum absolute atomic E-state index is 0.0540. The van der Waals surface area contributed by atoms with Crippen LogP contribution in [0.15, 0.2) is 49.4 Å². The molecule has 7 heteroatoms. The first kappa shape index (κ1) is 16.9. The van der Waals surface area contributed by atoms with Crippen molar-refractivity contribution in [2.45, 2.75) is 25.5 Å². The Morgan fingerprint density at radius 2 is 2.19 bits per heavy atom. The van der Waals surface area contributed by atoms with E-state index in [-0.39, 0.29) is 6.10 Å². The van der Waals surface area contributed by atoms with Crippen molar-refractivity contribution in [3.63, 3.8) is 0 Å². The Hall–Kier alpha value is -2.51. The molecule has 4 heterocycles. The van der Waals surface area contributed by atoms with Crippen LogP contribution in [-0.2, 0) is 18.3 Å². The van der Waals surface area contributed by atoms with E-state index in [4.69, 9.17) is 4.74 Å². The third kappa shape index (κ3) is 3.54. The fourth-order valence-corrected chi connectivity index (χ4v) is 3.57. The summed E-state index contributed by atoms with van der Waals surface area (Å²) in [5.41, 5.74) is 1.15. The Balaban J connectivity index is 1.42. The van der Waals surface area contributed by atoms with Crippen LogP contribution in [0.5, 0.6) is 0 Å². The Morgan fingerprint density at radius 3 is 3.00 bits per heavy atom. The van der Waals surface area contributed by atoms with Crippen LogP contribution in [0, 0.1) is 5.92 Å². The molecule has 0 aliphatic carbocycles. The number of aromatic nitrogens is 5. The Morgan fingerprint density at radius 1 is 1.23 bits per heavy atom. The van der Waals surface area contributed by atoms with Crippen LogP contribution >= 0.6 is 0 Å². The fraction of sp³-hybridized carbons (Fsp3) is 0.421. The summed E-state index contributed by atoms with van der Waals surface area (Å²) in [7, 11) is 2.03. The lowest BCUT2D eigenvalue weighted by molar-refractivity contribution is -0.0344. The van der Waals surface area contributed by atoms with Crippen LogP contribution in [0.2, 0.25) is 0 Å². The van der Waals surface area contributed by atoms with Crippen molar-refractivity contribution >= 4 is 0 Å². The first-order chi connectivity index (χ1) is 12.8. The molecule has 0 spiro atoms. The SMILES string of the molecule is Cn1ccnc1[C@@H]1OCCC[C@H]1CNCc1cccnc1-n1ccnc1. The molecule has 1 saturated heterocycles. The highest BCUT2D eigenvalue weighted by atomic mass is 16.5. The second-order valence-corrected chi connectivity index (χ2v) is 6.68. The lowest BCUT2D eigenvalue weighted by Crippen LogP contribution is -2.33. The molecule has 1 aliphatic heterocycles.